The third-order valence-corrected chi connectivity index (χ3v) is 6.14. The number of thiazole rings is 1. The second-order valence-electron chi connectivity index (χ2n) is 7.91. The van der Waals surface area contributed by atoms with Crippen LogP contribution in [0, 0.1) is 6.92 Å². The van der Waals surface area contributed by atoms with E-state index in [-0.39, 0.29) is 5.75 Å². The summed E-state index contributed by atoms with van der Waals surface area (Å²) >= 11 is 1.45. The molecule has 1 aliphatic rings. The molecule has 9 nitrogen and oxygen atoms in total. The molecule has 158 valence electrons. The van der Waals surface area contributed by atoms with Gasteiger partial charge in [-0.1, -0.05) is 17.4 Å². The van der Waals surface area contributed by atoms with E-state index in [9.17, 15) is 5.11 Å². The Morgan fingerprint density at radius 1 is 1.06 bits per heavy atom. The molecule has 1 aromatic carbocycles. The summed E-state index contributed by atoms with van der Waals surface area (Å²) in [4.78, 5) is 20.7. The van der Waals surface area contributed by atoms with Crippen molar-refractivity contribution in [2.75, 3.05) is 18.0 Å². The van der Waals surface area contributed by atoms with Crippen LogP contribution in [0.1, 0.15) is 19.5 Å². The minimum atomic E-state index is 0.0992. The second-order valence-corrected chi connectivity index (χ2v) is 8.89. The van der Waals surface area contributed by atoms with E-state index in [4.69, 9.17) is 0 Å². The SMILES string of the molecule is Cc1cnc2nc(-c3ccc(-c4cnc(N5C[C@@H](C)N[C@@H](C)C5)nn4)c(O)c3)sc2n1. The molecule has 2 atom stereocenters. The molecule has 10 heteroatoms. The minimum Gasteiger partial charge on any atom is -0.507 e. The zero-order chi connectivity index (χ0) is 21.5. The summed E-state index contributed by atoms with van der Waals surface area (Å²) in [5.74, 6) is 0.701. The van der Waals surface area contributed by atoms with Crippen LogP contribution in [0.15, 0.2) is 30.6 Å². The van der Waals surface area contributed by atoms with Crippen LogP contribution in [0.4, 0.5) is 5.95 Å². The van der Waals surface area contributed by atoms with Crippen molar-refractivity contribution in [2.24, 2.45) is 0 Å². The molecule has 1 aliphatic heterocycles. The number of nitrogens with zero attached hydrogens (tertiary/aromatic N) is 7. The van der Waals surface area contributed by atoms with Crippen molar-refractivity contribution >= 4 is 27.8 Å². The molecule has 0 unspecified atom stereocenters. The molecular formula is C21H22N8OS. The molecule has 0 amide bonds. The van der Waals surface area contributed by atoms with Gasteiger partial charge in [-0.05, 0) is 32.9 Å². The maximum absolute atomic E-state index is 10.6. The van der Waals surface area contributed by atoms with Gasteiger partial charge in [0.05, 0.1) is 18.1 Å². The van der Waals surface area contributed by atoms with E-state index in [0.29, 0.717) is 34.9 Å². The lowest BCUT2D eigenvalue weighted by Gasteiger charge is -2.35. The van der Waals surface area contributed by atoms with E-state index in [1.807, 2.05) is 19.1 Å². The van der Waals surface area contributed by atoms with Crippen molar-refractivity contribution in [3.8, 4) is 27.6 Å². The van der Waals surface area contributed by atoms with E-state index < -0.39 is 0 Å². The van der Waals surface area contributed by atoms with Crippen LogP contribution in [0.25, 0.3) is 32.3 Å². The van der Waals surface area contributed by atoms with Crippen LogP contribution in [-0.2, 0) is 0 Å². The van der Waals surface area contributed by atoms with E-state index >= 15 is 0 Å². The average Bonchev–Trinajstić information content (AvgIpc) is 3.16. The van der Waals surface area contributed by atoms with Crippen molar-refractivity contribution in [1.29, 1.82) is 0 Å². The highest BCUT2D eigenvalue weighted by Gasteiger charge is 2.23. The first kappa shape index (κ1) is 19.7. The predicted molar refractivity (Wildman–Crippen MR) is 120 cm³/mol. The maximum atomic E-state index is 10.6. The zero-order valence-electron chi connectivity index (χ0n) is 17.4. The highest BCUT2D eigenvalue weighted by atomic mass is 32.1. The lowest BCUT2D eigenvalue weighted by atomic mass is 10.1. The van der Waals surface area contributed by atoms with Gasteiger partial charge in [-0.25, -0.2) is 19.9 Å². The first-order valence-corrected chi connectivity index (χ1v) is 10.9. The number of aryl methyl sites for hydroxylation is 1. The van der Waals surface area contributed by atoms with E-state index in [1.54, 1.807) is 18.5 Å². The summed E-state index contributed by atoms with van der Waals surface area (Å²) in [5.41, 5.74) is 3.35. The number of anilines is 1. The van der Waals surface area contributed by atoms with Gasteiger partial charge in [-0.2, -0.15) is 0 Å². The van der Waals surface area contributed by atoms with Gasteiger partial charge in [0.1, 0.15) is 16.5 Å². The van der Waals surface area contributed by atoms with Gasteiger partial charge in [-0.3, -0.25) is 0 Å². The van der Waals surface area contributed by atoms with Crippen LogP contribution in [-0.4, -0.2) is 60.4 Å². The van der Waals surface area contributed by atoms with Crippen LogP contribution in [0.3, 0.4) is 0 Å². The molecule has 0 saturated carbocycles. The summed E-state index contributed by atoms with van der Waals surface area (Å²) < 4.78 is 0. The second kappa shape index (κ2) is 7.78. The molecule has 0 spiro atoms. The monoisotopic (exact) mass is 434 g/mol. The normalized spacial score (nSPS) is 19.1. The van der Waals surface area contributed by atoms with Crippen molar-refractivity contribution in [1.82, 2.24) is 35.5 Å². The Morgan fingerprint density at radius 3 is 2.58 bits per heavy atom. The average molecular weight is 435 g/mol. The third-order valence-electron chi connectivity index (χ3n) is 5.15. The maximum Gasteiger partial charge on any atom is 0.245 e. The van der Waals surface area contributed by atoms with Crippen molar-refractivity contribution in [3.05, 3.63) is 36.3 Å². The Bertz CT molecular complexity index is 1230. The molecule has 0 radical (unpaired) electrons. The Morgan fingerprint density at radius 2 is 1.87 bits per heavy atom. The lowest BCUT2D eigenvalue weighted by molar-refractivity contribution is 0.402. The third kappa shape index (κ3) is 3.91. The van der Waals surface area contributed by atoms with Gasteiger partial charge in [0.2, 0.25) is 5.95 Å². The van der Waals surface area contributed by atoms with Gasteiger partial charge in [0, 0.05) is 36.3 Å². The number of aromatic hydroxyl groups is 1. The van der Waals surface area contributed by atoms with Crippen LogP contribution >= 0.6 is 11.3 Å². The fourth-order valence-electron chi connectivity index (χ4n) is 3.84. The van der Waals surface area contributed by atoms with Gasteiger partial charge in [0.15, 0.2) is 10.5 Å². The Labute approximate surface area is 183 Å². The van der Waals surface area contributed by atoms with Crippen LogP contribution < -0.4 is 10.2 Å². The number of phenols is 1. The highest BCUT2D eigenvalue weighted by Crippen LogP contribution is 2.35. The number of aromatic nitrogens is 6. The van der Waals surface area contributed by atoms with Crippen molar-refractivity contribution in [3.63, 3.8) is 0 Å². The first-order valence-electron chi connectivity index (χ1n) is 10.1. The van der Waals surface area contributed by atoms with Crippen LogP contribution in [0.5, 0.6) is 5.75 Å². The molecule has 4 heterocycles. The molecule has 5 rings (SSSR count). The quantitative estimate of drug-likeness (QED) is 0.502. The highest BCUT2D eigenvalue weighted by molar-refractivity contribution is 7.21. The molecular weight excluding hydrogens is 412 g/mol. The van der Waals surface area contributed by atoms with Crippen molar-refractivity contribution in [2.45, 2.75) is 32.9 Å². The first-order chi connectivity index (χ1) is 15.0. The molecule has 1 fully saturated rings. The zero-order valence-corrected chi connectivity index (χ0v) is 18.3. The molecule has 4 aromatic rings. The summed E-state index contributed by atoms with van der Waals surface area (Å²) in [7, 11) is 0. The Hall–Kier alpha value is -3.24. The molecule has 0 bridgehead atoms. The van der Waals surface area contributed by atoms with Gasteiger partial charge >= 0.3 is 0 Å². The van der Waals surface area contributed by atoms with E-state index in [1.165, 1.54) is 11.3 Å². The van der Waals surface area contributed by atoms with Crippen LogP contribution in [0.2, 0.25) is 0 Å². The number of rotatable bonds is 3. The van der Waals surface area contributed by atoms with Crippen molar-refractivity contribution < 1.29 is 5.11 Å². The number of hydrogen-bond acceptors (Lipinski definition) is 10. The number of benzene rings is 1. The number of nitrogens with one attached hydrogen (secondary N) is 1. The van der Waals surface area contributed by atoms with Gasteiger partial charge in [0.25, 0.3) is 0 Å². The van der Waals surface area contributed by atoms with Gasteiger partial charge < -0.3 is 15.3 Å². The number of hydrogen-bond donors (Lipinski definition) is 2. The van der Waals surface area contributed by atoms with E-state index in [0.717, 1.165) is 34.2 Å². The minimum absolute atomic E-state index is 0.0992. The largest absolute Gasteiger partial charge is 0.507 e. The predicted octanol–water partition coefficient (Wildman–Crippen LogP) is 2.81. The smallest absolute Gasteiger partial charge is 0.245 e. The molecule has 2 N–H and O–H groups in total. The molecule has 3 aromatic heterocycles. The topological polar surface area (TPSA) is 113 Å². The molecule has 31 heavy (non-hydrogen) atoms. The number of fused-ring (bicyclic) bond motifs is 1. The fraction of sp³-hybridized carbons (Fsp3) is 0.333. The lowest BCUT2D eigenvalue weighted by Crippen LogP contribution is -2.54. The Balaban J connectivity index is 1.40. The van der Waals surface area contributed by atoms with Gasteiger partial charge in [-0.15, -0.1) is 10.2 Å². The molecule has 1 saturated heterocycles. The molecule has 0 aliphatic carbocycles. The Kier molecular flexibility index (Phi) is 4.95. The summed E-state index contributed by atoms with van der Waals surface area (Å²) in [6.07, 6.45) is 3.35. The fourth-order valence-corrected chi connectivity index (χ4v) is 4.78. The summed E-state index contributed by atoms with van der Waals surface area (Å²) in [5, 5.41) is 23.5. The summed E-state index contributed by atoms with van der Waals surface area (Å²) in [6, 6.07) is 6.11. The standard InChI is InChI=1S/C21H22N8OS/c1-11-7-22-18-20(25-11)31-19(26-18)14-4-5-15(17(30)6-14)16-8-23-21(28-27-16)29-9-12(2)24-13(3)10-29/h4-8,12-13,24,30H,9-10H2,1-3H3/t12-,13+. The number of phenolic OH excluding ortho intramolecular Hbond substituents is 1. The van der Waals surface area contributed by atoms with E-state index in [2.05, 4.69) is 54.2 Å². The summed E-state index contributed by atoms with van der Waals surface area (Å²) in [6.45, 7) is 7.84. The number of piperazine rings is 1.